The number of carbonyl (C=O) groups excluding carboxylic acids is 2. The number of benzene rings is 2. The highest BCUT2D eigenvalue weighted by atomic mass is 35.5. The van der Waals surface area contributed by atoms with Crippen LogP contribution in [0.25, 0.3) is 22.4 Å². The molecule has 0 fully saturated rings. The molecule has 4 aromatic rings. The van der Waals surface area contributed by atoms with Crippen molar-refractivity contribution in [3.63, 3.8) is 0 Å². The van der Waals surface area contributed by atoms with E-state index in [0.29, 0.717) is 58.1 Å². The first-order chi connectivity index (χ1) is 20.6. The molecule has 0 saturated carbocycles. The Hall–Kier alpha value is -4.58. The van der Waals surface area contributed by atoms with Crippen molar-refractivity contribution in [2.24, 2.45) is 0 Å². The number of methoxy groups -OCH3 is 1. The van der Waals surface area contributed by atoms with Gasteiger partial charge in [-0.3, -0.25) is 10.1 Å². The van der Waals surface area contributed by atoms with Gasteiger partial charge >= 0.3 is 6.09 Å². The molecule has 2 aromatic heterocycles. The fourth-order valence-electron chi connectivity index (χ4n) is 5.23. The van der Waals surface area contributed by atoms with Crippen molar-refractivity contribution in [2.45, 2.75) is 45.0 Å². The van der Waals surface area contributed by atoms with Crippen LogP contribution in [0.15, 0.2) is 48.7 Å². The number of carbonyl (C=O) groups is 2. The summed E-state index contributed by atoms with van der Waals surface area (Å²) < 4.78 is 47.5. The van der Waals surface area contributed by atoms with Crippen LogP contribution >= 0.6 is 11.6 Å². The fourth-order valence-corrected chi connectivity index (χ4v) is 5.39. The highest BCUT2D eigenvalue weighted by Gasteiger charge is 2.29. The first-order valence-electron chi connectivity index (χ1n) is 13.4. The standard InChI is InChI=1S/C30H27ClF3N5O4/c1-15-27-18-9-8-17(36-30(41)43-2)13-22(18)37-24(40)6-4-3-5-19(29(35-15)38-27)23-12-7-16(14-39(23)42)25-20(28(33)34)10-11-21(31)26(25)32/h7-14,19,28H,3-6H2,1-2H3,(H,35,38)(H,36,41)(H,37,40). The van der Waals surface area contributed by atoms with Crippen LogP contribution in [0.1, 0.15) is 60.8 Å². The third-order valence-electron chi connectivity index (χ3n) is 7.31. The molecule has 0 radical (unpaired) electrons. The first-order valence-corrected chi connectivity index (χ1v) is 13.8. The molecule has 1 aliphatic rings. The smallest absolute Gasteiger partial charge is 0.411 e. The Morgan fingerprint density at radius 1 is 1.21 bits per heavy atom. The summed E-state index contributed by atoms with van der Waals surface area (Å²) in [4.78, 5) is 32.6. The number of fused-ring (bicyclic) bond motifs is 4. The second kappa shape index (κ2) is 12.3. The van der Waals surface area contributed by atoms with Crippen molar-refractivity contribution in [3.05, 3.63) is 87.5 Å². The Bertz CT molecular complexity index is 1710. The second-order valence-electron chi connectivity index (χ2n) is 10.1. The zero-order valence-electron chi connectivity index (χ0n) is 23.1. The maximum atomic E-state index is 14.9. The lowest BCUT2D eigenvalue weighted by molar-refractivity contribution is -0.614. The van der Waals surface area contributed by atoms with Crippen LogP contribution in [0.3, 0.4) is 0 Å². The van der Waals surface area contributed by atoms with E-state index in [9.17, 15) is 28.0 Å². The number of nitrogens with one attached hydrogen (secondary N) is 3. The molecule has 1 unspecified atom stereocenters. The van der Waals surface area contributed by atoms with Gasteiger partial charge in [-0.05, 0) is 50.1 Å². The molecule has 5 rings (SSSR count). The highest BCUT2D eigenvalue weighted by Crippen LogP contribution is 2.38. The minimum Gasteiger partial charge on any atom is -0.618 e. The largest absolute Gasteiger partial charge is 0.618 e. The normalized spacial score (nSPS) is 15.2. The molecule has 0 saturated heterocycles. The van der Waals surface area contributed by atoms with Crippen LogP contribution < -0.4 is 15.4 Å². The second-order valence-corrected chi connectivity index (χ2v) is 10.5. The molecule has 13 heteroatoms. The van der Waals surface area contributed by atoms with E-state index in [2.05, 4.69) is 20.4 Å². The molecule has 2 amide bonds. The van der Waals surface area contributed by atoms with Gasteiger partial charge in [-0.2, -0.15) is 4.73 Å². The number of alkyl halides is 2. The SMILES string of the molecule is COC(=O)Nc1ccc2c(c1)NC(=O)CCCCC(c1ccc(-c3c(C(F)F)ccc(Cl)c3F)c[n+]1[O-])c1nc-2c(C)[nH]1. The number of aryl methyl sites for hydroxylation is 1. The van der Waals surface area contributed by atoms with Gasteiger partial charge in [-0.15, -0.1) is 0 Å². The molecule has 2 aromatic carbocycles. The number of rotatable bonds is 4. The molecule has 1 aliphatic heterocycles. The summed E-state index contributed by atoms with van der Waals surface area (Å²) in [5.74, 6) is -1.33. The summed E-state index contributed by atoms with van der Waals surface area (Å²) in [5.41, 5.74) is 1.83. The van der Waals surface area contributed by atoms with Crippen LogP contribution in [0.5, 0.6) is 0 Å². The van der Waals surface area contributed by atoms with E-state index in [1.165, 1.54) is 19.2 Å². The monoisotopic (exact) mass is 613 g/mol. The predicted molar refractivity (Wildman–Crippen MR) is 154 cm³/mol. The number of ether oxygens (including phenoxy) is 1. The van der Waals surface area contributed by atoms with Crippen molar-refractivity contribution >= 4 is 35.0 Å². The number of anilines is 2. The number of halogens is 4. The summed E-state index contributed by atoms with van der Waals surface area (Å²) in [7, 11) is 1.24. The Kier molecular flexibility index (Phi) is 8.58. The molecule has 3 N–H and O–H groups in total. The van der Waals surface area contributed by atoms with E-state index < -0.39 is 35.4 Å². The quantitative estimate of drug-likeness (QED) is 0.165. The summed E-state index contributed by atoms with van der Waals surface area (Å²) in [6, 6.07) is 9.93. The molecular weight excluding hydrogens is 587 g/mol. The van der Waals surface area contributed by atoms with Crippen molar-refractivity contribution in [1.29, 1.82) is 0 Å². The van der Waals surface area contributed by atoms with E-state index >= 15 is 0 Å². The number of aromatic amines is 1. The Morgan fingerprint density at radius 2 is 2.00 bits per heavy atom. The van der Waals surface area contributed by atoms with Crippen molar-refractivity contribution in [3.8, 4) is 22.4 Å². The number of H-pyrrole nitrogens is 1. The zero-order valence-corrected chi connectivity index (χ0v) is 23.9. The van der Waals surface area contributed by atoms with Gasteiger partial charge in [0.05, 0.1) is 29.1 Å². The minimum absolute atomic E-state index is 0.0412. The highest BCUT2D eigenvalue weighted by molar-refractivity contribution is 6.31. The number of pyridine rings is 1. The molecule has 224 valence electrons. The van der Waals surface area contributed by atoms with E-state index in [1.54, 1.807) is 25.1 Å². The van der Waals surface area contributed by atoms with Gasteiger partial charge in [0, 0.05) is 40.6 Å². The molecular formula is C30H27ClF3N5O4. The zero-order chi connectivity index (χ0) is 30.8. The molecule has 3 heterocycles. The number of hydrogen-bond acceptors (Lipinski definition) is 5. The van der Waals surface area contributed by atoms with Crippen molar-refractivity contribution in [1.82, 2.24) is 9.97 Å². The van der Waals surface area contributed by atoms with Gasteiger partial charge < -0.3 is 20.2 Å². The molecule has 1 atom stereocenters. The number of aromatic nitrogens is 3. The minimum atomic E-state index is -2.98. The summed E-state index contributed by atoms with van der Waals surface area (Å²) in [5, 5.41) is 18.5. The molecule has 43 heavy (non-hydrogen) atoms. The average molecular weight is 614 g/mol. The Balaban J connectivity index is 1.58. The van der Waals surface area contributed by atoms with Crippen LogP contribution in [-0.4, -0.2) is 29.1 Å². The van der Waals surface area contributed by atoms with Gasteiger partial charge in [0.1, 0.15) is 17.6 Å². The van der Waals surface area contributed by atoms with Gasteiger partial charge in [0.2, 0.25) is 11.6 Å². The number of imidazole rings is 1. The molecule has 0 spiro atoms. The third kappa shape index (κ3) is 6.14. The van der Waals surface area contributed by atoms with Crippen molar-refractivity contribution in [2.75, 3.05) is 17.7 Å². The lowest BCUT2D eigenvalue weighted by Gasteiger charge is -2.17. The summed E-state index contributed by atoms with van der Waals surface area (Å²) >= 11 is 5.87. The Morgan fingerprint density at radius 3 is 2.72 bits per heavy atom. The van der Waals surface area contributed by atoms with E-state index in [0.717, 1.165) is 18.3 Å². The van der Waals surface area contributed by atoms with Crippen molar-refractivity contribution < 1.29 is 32.2 Å². The average Bonchev–Trinajstić information content (AvgIpc) is 3.35. The molecule has 2 bridgehead atoms. The lowest BCUT2D eigenvalue weighted by Crippen LogP contribution is -2.34. The maximum absolute atomic E-state index is 14.9. The lowest BCUT2D eigenvalue weighted by atomic mass is 9.94. The summed E-state index contributed by atoms with van der Waals surface area (Å²) in [6.45, 7) is 1.80. The maximum Gasteiger partial charge on any atom is 0.411 e. The number of amides is 2. The van der Waals surface area contributed by atoms with Gasteiger partial charge in [-0.1, -0.05) is 24.1 Å². The Labute approximate surface area is 249 Å². The van der Waals surface area contributed by atoms with Crippen LogP contribution in [-0.2, 0) is 9.53 Å². The third-order valence-corrected chi connectivity index (χ3v) is 7.60. The van der Waals surface area contributed by atoms with Crippen LogP contribution in [0, 0.1) is 17.9 Å². The molecule has 9 nitrogen and oxygen atoms in total. The molecule has 0 aliphatic carbocycles. The number of nitrogens with zero attached hydrogens (tertiary/aromatic N) is 2. The van der Waals surface area contributed by atoms with Crippen LogP contribution in [0.2, 0.25) is 5.02 Å². The topological polar surface area (TPSA) is 123 Å². The van der Waals surface area contributed by atoms with Gasteiger partial charge in [0.25, 0.3) is 6.43 Å². The number of hydrogen-bond donors (Lipinski definition) is 3. The van der Waals surface area contributed by atoms with E-state index in [1.807, 2.05) is 0 Å². The van der Waals surface area contributed by atoms with E-state index in [-0.39, 0.29) is 28.6 Å². The van der Waals surface area contributed by atoms with Gasteiger partial charge in [-0.25, -0.2) is 22.9 Å². The predicted octanol–water partition coefficient (Wildman–Crippen LogP) is 7.24. The van der Waals surface area contributed by atoms with E-state index in [4.69, 9.17) is 16.6 Å². The first kappa shape index (κ1) is 29.9. The summed E-state index contributed by atoms with van der Waals surface area (Å²) in [6.07, 6.45) is -0.868. The van der Waals surface area contributed by atoms with Crippen LogP contribution in [0.4, 0.5) is 29.3 Å². The fraction of sp³-hybridized carbons (Fsp3) is 0.267. The van der Waals surface area contributed by atoms with Gasteiger partial charge in [0.15, 0.2) is 6.20 Å².